The summed E-state index contributed by atoms with van der Waals surface area (Å²) in [6, 6.07) is 8.56. The van der Waals surface area contributed by atoms with Crippen LogP contribution in [0.2, 0.25) is 0 Å². The van der Waals surface area contributed by atoms with Crippen molar-refractivity contribution in [2.45, 2.75) is 11.4 Å². The SMILES string of the molecule is CNc1cc(NCc2ccc(S(C)(=O)=O)cc2)ncn1. The molecule has 0 saturated carbocycles. The van der Waals surface area contributed by atoms with Crippen LogP contribution < -0.4 is 10.6 Å². The minimum Gasteiger partial charge on any atom is -0.373 e. The molecule has 0 aliphatic rings. The van der Waals surface area contributed by atoms with E-state index >= 15 is 0 Å². The summed E-state index contributed by atoms with van der Waals surface area (Å²) in [5, 5.41) is 6.09. The van der Waals surface area contributed by atoms with E-state index in [9.17, 15) is 8.42 Å². The van der Waals surface area contributed by atoms with Crippen LogP contribution in [-0.2, 0) is 16.4 Å². The maximum atomic E-state index is 11.4. The average molecular weight is 292 g/mol. The Morgan fingerprint density at radius 1 is 1.10 bits per heavy atom. The van der Waals surface area contributed by atoms with Gasteiger partial charge in [0.2, 0.25) is 0 Å². The van der Waals surface area contributed by atoms with Crippen molar-refractivity contribution in [3.05, 3.63) is 42.2 Å². The molecule has 1 heterocycles. The molecule has 2 N–H and O–H groups in total. The molecule has 0 spiro atoms. The molecular formula is C13H16N4O2S. The number of benzene rings is 1. The Kier molecular flexibility index (Phi) is 4.19. The van der Waals surface area contributed by atoms with Gasteiger partial charge < -0.3 is 10.6 Å². The van der Waals surface area contributed by atoms with E-state index in [4.69, 9.17) is 0 Å². The molecular weight excluding hydrogens is 276 g/mol. The molecule has 0 saturated heterocycles. The van der Waals surface area contributed by atoms with Crippen LogP contribution in [0, 0.1) is 0 Å². The average Bonchev–Trinajstić information content (AvgIpc) is 2.45. The van der Waals surface area contributed by atoms with Crippen molar-refractivity contribution < 1.29 is 8.42 Å². The molecule has 1 aromatic carbocycles. The highest BCUT2D eigenvalue weighted by atomic mass is 32.2. The number of rotatable bonds is 5. The monoisotopic (exact) mass is 292 g/mol. The summed E-state index contributed by atoms with van der Waals surface area (Å²) in [5.74, 6) is 1.44. The first-order chi connectivity index (χ1) is 9.49. The summed E-state index contributed by atoms with van der Waals surface area (Å²) in [6.07, 6.45) is 2.67. The van der Waals surface area contributed by atoms with Gasteiger partial charge in [-0.25, -0.2) is 18.4 Å². The lowest BCUT2D eigenvalue weighted by atomic mass is 10.2. The fourth-order valence-electron chi connectivity index (χ4n) is 1.64. The van der Waals surface area contributed by atoms with E-state index in [2.05, 4.69) is 20.6 Å². The largest absolute Gasteiger partial charge is 0.373 e. The predicted octanol–water partition coefficient (Wildman–Crippen LogP) is 1.53. The second-order valence-corrected chi connectivity index (χ2v) is 6.32. The van der Waals surface area contributed by atoms with E-state index in [1.807, 2.05) is 0 Å². The maximum Gasteiger partial charge on any atom is 0.175 e. The summed E-state index contributed by atoms with van der Waals surface area (Å²) in [6.45, 7) is 0.560. The predicted molar refractivity (Wildman–Crippen MR) is 78.5 cm³/mol. The Balaban J connectivity index is 2.04. The van der Waals surface area contributed by atoms with E-state index in [0.717, 1.165) is 11.4 Å². The third kappa shape index (κ3) is 3.67. The molecule has 0 radical (unpaired) electrons. The van der Waals surface area contributed by atoms with E-state index in [0.29, 0.717) is 17.3 Å². The van der Waals surface area contributed by atoms with Gasteiger partial charge in [-0.1, -0.05) is 12.1 Å². The standard InChI is InChI=1S/C13H16N4O2S/c1-14-12-7-13(17-9-16-12)15-8-10-3-5-11(6-4-10)20(2,18)19/h3-7,9H,8H2,1-2H3,(H2,14,15,16,17). The molecule has 0 bridgehead atoms. The van der Waals surface area contributed by atoms with E-state index in [-0.39, 0.29) is 0 Å². The molecule has 1 aromatic heterocycles. The van der Waals surface area contributed by atoms with Crippen LogP contribution in [0.4, 0.5) is 11.6 Å². The van der Waals surface area contributed by atoms with Crippen molar-refractivity contribution in [1.29, 1.82) is 0 Å². The van der Waals surface area contributed by atoms with Gasteiger partial charge in [0.25, 0.3) is 0 Å². The van der Waals surface area contributed by atoms with Crippen molar-refractivity contribution >= 4 is 21.5 Å². The molecule has 2 aromatic rings. The lowest BCUT2D eigenvalue weighted by Gasteiger charge is -2.07. The summed E-state index contributed by atoms with van der Waals surface area (Å²) in [7, 11) is -1.36. The summed E-state index contributed by atoms with van der Waals surface area (Å²) in [4.78, 5) is 8.44. The van der Waals surface area contributed by atoms with Crippen LogP contribution in [-0.4, -0.2) is 31.7 Å². The van der Waals surface area contributed by atoms with Gasteiger partial charge in [-0.3, -0.25) is 0 Å². The van der Waals surface area contributed by atoms with Crippen molar-refractivity contribution in [2.24, 2.45) is 0 Å². The maximum absolute atomic E-state index is 11.4. The Morgan fingerprint density at radius 3 is 2.35 bits per heavy atom. The molecule has 6 nitrogen and oxygen atoms in total. The van der Waals surface area contributed by atoms with Crippen LogP contribution in [0.1, 0.15) is 5.56 Å². The normalized spacial score (nSPS) is 11.1. The zero-order valence-corrected chi connectivity index (χ0v) is 12.1. The fourth-order valence-corrected chi connectivity index (χ4v) is 2.27. The molecule has 7 heteroatoms. The summed E-state index contributed by atoms with van der Waals surface area (Å²) >= 11 is 0. The lowest BCUT2D eigenvalue weighted by molar-refractivity contribution is 0.602. The minimum absolute atomic E-state index is 0.320. The number of nitrogens with one attached hydrogen (secondary N) is 2. The third-order valence-corrected chi connectivity index (χ3v) is 3.88. The summed E-state index contributed by atoms with van der Waals surface area (Å²) < 4.78 is 22.7. The van der Waals surface area contributed by atoms with Gasteiger partial charge >= 0.3 is 0 Å². The Hall–Kier alpha value is -2.15. The third-order valence-electron chi connectivity index (χ3n) is 2.75. The smallest absolute Gasteiger partial charge is 0.175 e. The van der Waals surface area contributed by atoms with E-state index < -0.39 is 9.84 Å². The number of aromatic nitrogens is 2. The van der Waals surface area contributed by atoms with Crippen LogP contribution >= 0.6 is 0 Å². The molecule has 20 heavy (non-hydrogen) atoms. The van der Waals surface area contributed by atoms with E-state index in [1.54, 1.807) is 37.4 Å². The molecule has 0 atom stereocenters. The van der Waals surface area contributed by atoms with Crippen molar-refractivity contribution in [2.75, 3.05) is 23.9 Å². The minimum atomic E-state index is -3.14. The molecule has 0 fully saturated rings. The van der Waals surface area contributed by atoms with Crippen molar-refractivity contribution in [3.63, 3.8) is 0 Å². The van der Waals surface area contributed by atoms with Gasteiger partial charge in [0.1, 0.15) is 18.0 Å². The topological polar surface area (TPSA) is 84.0 Å². The number of anilines is 2. The second-order valence-electron chi connectivity index (χ2n) is 4.31. The van der Waals surface area contributed by atoms with Crippen LogP contribution in [0.15, 0.2) is 41.6 Å². The Morgan fingerprint density at radius 2 is 1.75 bits per heavy atom. The van der Waals surface area contributed by atoms with Crippen LogP contribution in [0.5, 0.6) is 0 Å². The Labute approximate surface area is 118 Å². The number of sulfone groups is 1. The first kappa shape index (κ1) is 14.3. The molecule has 0 amide bonds. The molecule has 2 rings (SSSR count). The first-order valence-corrected chi connectivity index (χ1v) is 7.91. The molecule has 0 aliphatic heterocycles. The van der Waals surface area contributed by atoms with Gasteiger partial charge in [-0.05, 0) is 17.7 Å². The van der Waals surface area contributed by atoms with E-state index in [1.165, 1.54) is 12.6 Å². The highest BCUT2D eigenvalue weighted by Gasteiger charge is 2.06. The zero-order valence-electron chi connectivity index (χ0n) is 11.3. The second kappa shape index (κ2) is 5.87. The first-order valence-electron chi connectivity index (χ1n) is 6.02. The fraction of sp³-hybridized carbons (Fsp3) is 0.231. The molecule has 0 aliphatic carbocycles. The van der Waals surface area contributed by atoms with Gasteiger partial charge in [-0.2, -0.15) is 0 Å². The quantitative estimate of drug-likeness (QED) is 0.869. The van der Waals surface area contributed by atoms with Crippen molar-refractivity contribution in [1.82, 2.24) is 9.97 Å². The zero-order chi connectivity index (χ0) is 14.6. The lowest BCUT2D eigenvalue weighted by Crippen LogP contribution is -2.03. The highest BCUT2D eigenvalue weighted by molar-refractivity contribution is 7.90. The van der Waals surface area contributed by atoms with Gasteiger partial charge in [0.05, 0.1) is 4.90 Å². The Bertz CT molecular complexity index is 684. The van der Waals surface area contributed by atoms with Crippen LogP contribution in [0.25, 0.3) is 0 Å². The van der Waals surface area contributed by atoms with Crippen molar-refractivity contribution in [3.8, 4) is 0 Å². The number of hydrogen-bond donors (Lipinski definition) is 2. The highest BCUT2D eigenvalue weighted by Crippen LogP contribution is 2.13. The van der Waals surface area contributed by atoms with Gasteiger partial charge in [-0.15, -0.1) is 0 Å². The van der Waals surface area contributed by atoms with Crippen LogP contribution in [0.3, 0.4) is 0 Å². The molecule has 0 unspecified atom stereocenters. The number of nitrogens with zero attached hydrogens (tertiary/aromatic N) is 2. The van der Waals surface area contributed by atoms with Gasteiger partial charge in [0.15, 0.2) is 9.84 Å². The molecule has 106 valence electrons. The number of hydrogen-bond acceptors (Lipinski definition) is 6. The summed E-state index contributed by atoms with van der Waals surface area (Å²) in [5.41, 5.74) is 0.974. The van der Waals surface area contributed by atoms with Gasteiger partial charge in [0, 0.05) is 25.9 Å².